The van der Waals surface area contributed by atoms with Crippen LogP contribution in [-0.4, -0.2) is 23.3 Å². The quantitative estimate of drug-likeness (QED) is 0.302. The molecule has 7 nitrogen and oxygen atoms in total. The number of rotatable bonds is 7. The second-order valence-electron chi connectivity index (χ2n) is 3.76. The van der Waals surface area contributed by atoms with Gasteiger partial charge in [0.25, 0.3) is 5.91 Å². The lowest BCUT2D eigenvalue weighted by molar-refractivity contribution is -0.118. The highest BCUT2D eigenvalue weighted by Gasteiger charge is 2.05. The largest absolute Gasteiger partial charge is 0.370 e. The van der Waals surface area contributed by atoms with Crippen molar-refractivity contribution in [2.75, 3.05) is 12.0 Å². The van der Waals surface area contributed by atoms with Gasteiger partial charge in [0.1, 0.15) is 5.69 Å². The summed E-state index contributed by atoms with van der Waals surface area (Å²) in [6.07, 6.45) is 3.18. The molecule has 0 radical (unpaired) electrons. The van der Waals surface area contributed by atoms with Gasteiger partial charge < -0.3 is 16.5 Å². The van der Waals surface area contributed by atoms with E-state index in [9.17, 15) is 9.59 Å². The number of pyridine rings is 1. The topological polar surface area (TPSA) is 123 Å². The number of carbonyl (C=O) groups excluding carboxylic acids is 2. The van der Waals surface area contributed by atoms with Gasteiger partial charge >= 0.3 is 0 Å². The Labute approximate surface area is 105 Å². The molecule has 0 aromatic carbocycles. The Morgan fingerprint density at radius 2 is 2.06 bits per heavy atom. The maximum atomic E-state index is 11.6. The third kappa shape index (κ3) is 4.79. The molecule has 1 heterocycles. The molecule has 0 atom stereocenters. The van der Waals surface area contributed by atoms with Crippen LogP contribution >= 0.6 is 0 Å². The van der Waals surface area contributed by atoms with Gasteiger partial charge in [-0.05, 0) is 25.0 Å². The first kappa shape index (κ1) is 13.9. The molecule has 0 bridgehead atoms. The van der Waals surface area contributed by atoms with Gasteiger partial charge in [-0.25, -0.2) is 4.98 Å². The van der Waals surface area contributed by atoms with Gasteiger partial charge in [0.05, 0.1) is 11.9 Å². The van der Waals surface area contributed by atoms with Crippen molar-refractivity contribution in [2.45, 2.75) is 19.3 Å². The van der Waals surface area contributed by atoms with Gasteiger partial charge in [-0.2, -0.15) is 0 Å². The first-order valence-corrected chi connectivity index (χ1v) is 5.62. The number of carbonyl (C=O) groups is 2. The highest BCUT2D eigenvalue weighted by Crippen LogP contribution is 2.03. The summed E-state index contributed by atoms with van der Waals surface area (Å²) in [6, 6.07) is 3.24. The van der Waals surface area contributed by atoms with Gasteiger partial charge in [-0.1, -0.05) is 0 Å². The van der Waals surface area contributed by atoms with E-state index >= 15 is 0 Å². The number of anilines is 1. The Kier molecular flexibility index (Phi) is 5.59. The predicted molar refractivity (Wildman–Crippen MR) is 67.4 cm³/mol. The van der Waals surface area contributed by atoms with Gasteiger partial charge in [0, 0.05) is 13.0 Å². The van der Waals surface area contributed by atoms with Crippen LogP contribution in [0.15, 0.2) is 18.3 Å². The lowest BCUT2D eigenvalue weighted by Crippen LogP contribution is -2.25. The summed E-state index contributed by atoms with van der Waals surface area (Å²) in [6.45, 7) is 0.491. The number of hydrogen-bond donors (Lipinski definition) is 4. The van der Waals surface area contributed by atoms with Crippen LogP contribution in [0.4, 0.5) is 5.69 Å². The Hall–Kier alpha value is -2.15. The minimum Gasteiger partial charge on any atom is -0.370 e. The highest BCUT2D eigenvalue weighted by molar-refractivity contribution is 5.92. The van der Waals surface area contributed by atoms with Gasteiger partial charge in [-0.15, -0.1) is 0 Å². The molecular formula is C11H17N5O2. The summed E-state index contributed by atoms with van der Waals surface area (Å²) in [4.78, 5) is 26.1. The standard InChI is InChI=1S/C11H17N5O2/c12-10(17)3-1-2-6-14-11(18)9-5-4-8(16-13)7-15-9/h4-5,7,16H,1-3,6,13H2,(H2,12,17)(H,14,18). The van der Waals surface area contributed by atoms with Crippen LogP contribution < -0.4 is 22.3 Å². The van der Waals surface area contributed by atoms with E-state index in [0.717, 1.165) is 0 Å². The molecule has 0 aliphatic heterocycles. The van der Waals surface area contributed by atoms with E-state index in [4.69, 9.17) is 11.6 Å². The average Bonchev–Trinajstić information content (AvgIpc) is 2.38. The number of amides is 2. The van der Waals surface area contributed by atoms with E-state index in [-0.39, 0.29) is 11.8 Å². The third-order valence-electron chi connectivity index (χ3n) is 2.30. The zero-order valence-electron chi connectivity index (χ0n) is 9.98. The normalized spacial score (nSPS) is 9.83. The Bertz CT molecular complexity index is 404. The van der Waals surface area contributed by atoms with Crippen LogP contribution in [0.2, 0.25) is 0 Å². The SMILES string of the molecule is NNc1ccc(C(=O)NCCCCC(N)=O)nc1. The summed E-state index contributed by atoms with van der Waals surface area (Å²) in [5.74, 6) is 4.61. The summed E-state index contributed by atoms with van der Waals surface area (Å²) in [7, 11) is 0. The molecule has 0 saturated heterocycles. The van der Waals surface area contributed by atoms with Crippen LogP contribution in [-0.2, 0) is 4.79 Å². The molecule has 1 aromatic rings. The molecule has 1 rings (SSSR count). The van der Waals surface area contributed by atoms with E-state index in [1.165, 1.54) is 6.20 Å². The highest BCUT2D eigenvalue weighted by atomic mass is 16.2. The molecule has 6 N–H and O–H groups in total. The molecule has 0 aliphatic rings. The number of hydrazine groups is 1. The predicted octanol–water partition coefficient (Wildman–Crippen LogP) is -0.247. The van der Waals surface area contributed by atoms with E-state index in [1.54, 1.807) is 12.1 Å². The maximum Gasteiger partial charge on any atom is 0.269 e. The van der Waals surface area contributed by atoms with Gasteiger partial charge in [-0.3, -0.25) is 15.4 Å². The van der Waals surface area contributed by atoms with Crippen molar-refractivity contribution in [1.29, 1.82) is 0 Å². The van der Waals surface area contributed by atoms with E-state index in [2.05, 4.69) is 15.7 Å². The third-order valence-corrected chi connectivity index (χ3v) is 2.30. The Morgan fingerprint density at radius 1 is 1.28 bits per heavy atom. The molecule has 18 heavy (non-hydrogen) atoms. The lowest BCUT2D eigenvalue weighted by atomic mass is 10.2. The molecule has 98 valence electrons. The minimum absolute atomic E-state index is 0.252. The van der Waals surface area contributed by atoms with Crippen molar-refractivity contribution in [3.05, 3.63) is 24.0 Å². The van der Waals surface area contributed by atoms with Crippen molar-refractivity contribution in [1.82, 2.24) is 10.3 Å². The fourth-order valence-electron chi connectivity index (χ4n) is 1.33. The monoisotopic (exact) mass is 251 g/mol. The number of unbranched alkanes of at least 4 members (excludes halogenated alkanes) is 1. The van der Waals surface area contributed by atoms with Crippen molar-refractivity contribution in [3.8, 4) is 0 Å². The van der Waals surface area contributed by atoms with Crippen molar-refractivity contribution in [3.63, 3.8) is 0 Å². The summed E-state index contributed by atoms with van der Waals surface area (Å²) in [5.41, 5.74) is 8.38. The molecule has 0 fully saturated rings. The van der Waals surface area contributed by atoms with Crippen molar-refractivity contribution < 1.29 is 9.59 Å². The van der Waals surface area contributed by atoms with Gasteiger partial charge in [0.15, 0.2) is 0 Å². The zero-order valence-corrected chi connectivity index (χ0v) is 9.98. The number of aromatic nitrogens is 1. The lowest BCUT2D eigenvalue weighted by Gasteiger charge is -2.05. The fraction of sp³-hybridized carbons (Fsp3) is 0.364. The second kappa shape index (κ2) is 7.23. The smallest absolute Gasteiger partial charge is 0.269 e. The minimum atomic E-state index is -0.326. The number of nitrogen functional groups attached to an aromatic ring is 1. The van der Waals surface area contributed by atoms with Crippen LogP contribution in [0.25, 0.3) is 0 Å². The Morgan fingerprint density at radius 3 is 2.61 bits per heavy atom. The molecule has 1 aromatic heterocycles. The zero-order chi connectivity index (χ0) is 13.4. The molecule has 0 aliphatic carbocycles. The molecule has 7 heteroatoms. The maximum absolute atomic E-state index is 11.6. The number of hydrogen-bond acceptors (Lipinski definition) is 5. The molecule has 2 amide bonds. The van der Waals surface area contributed by atoms with Gasteiger partial charge in [0.2, 0.25) is 5.91 Å². The number of nitrogens with zero attached hydrogens (tertiary/aromatic N) is 1. The second-order valence-corrected chi connectivity index (χ2v) is 3.76. The number of nitrogens with two attached hydrogens (primary N) is 2. The van der Waals surface area contributed by atoms with E-state index in [1.807, 2.05) is 0 Å². The van der Waals surface area contributed by atoms with Crippen LogP contribution in [0, 0.1) is 0 Å². The number of nitrogens with one attached hydrogen (secondary N) is 2. The molecule has 0 saturated carbocycles. The molecule has 0 unspecified atom stereocenters. The van der Waals surface area contributed by atoms with Crippen LogP contribution in [0.3, 0.4) is 0 Å². The van der Waals surface area contributed by atoms with Crippen LogP contribution in [0.1, 0.15) is 29.8 Å². The Balaban J connectivity index is 2.29. The summed E-state index contributed by atoms with van der Waals surface area (Å²) < 4.78 is 0. The summed E-state index contributed by atoms with van der Waals surface area (Å²) in [5, 5.41) is 2.70. The van der Waals surface area contributed by atoms with Crippen molar-refractivity contribution >= 4 is 17.5 Å². The first-order valence-electron chi connectivity index (χ1n) is 5.62. The molecular weight excluding hydrogens is 234 g/mol. The summed E-state index contributed by atoms with van der Waals surface area (Å²) >= 11 is 0. The van der Waals surface area contributed by atoms with E-state index in [0.29, 0.717) is 37.2 Å². The van der Waals surface area contributed by atoms with Crippen molar-refractivity contribution in [2.24, 2.45) is 11.6 Å². The first-order chi connectivity index (χ1) is 8.63. The number of primary amides is 1. The fourth-order valence-corrected chi connectivity index (χ4v) is 1.33. The average molecular weight is 251 g/mol. The van der Waals surface area contributed by atoms with Crippen LogP contribution in [0.5, 0.6) is 0 Å². The molecule has 0 spiro atoms. The van der Waals surface area contributed by atoms with E-state index < -0.39 is 0 Å².